The molecule has 0 aliphatic heterocycles. The van der Waals surface area contributed by atoms with Crippen LogP contribution in [0.3, 0.4) is 0 Å². The summed E-state index contributed by atoms with van der Waals surface area (Å²) < 4.78 is 0. The van der Waals surface area contributed by atoms with E-state index in [0.717, 1.165) is 10.7 Å². The van der Waals surface area contributed by atoms with E-state index in [4.69, 9.17) is 0 Å². The maximum atomic E-state index is 12.0. The highest BCUT2D eigenvalue weighted by molar-refractivity contribution is 7.98. The van der Waals surface area contributed by atoms with Gasteiger partial charge in [-0.15, -0.1) is 11.8 Å². The number of rotatable bonds is 4. The fourth-order valence-electron chi connectivity index (χ4n) is 1.50. The van der Waals surface area contributed by atoms with Crippen molar-refractivity contribution in [3.8, 4) is 0 Å². The van der Waals surface area contributed by atoms with Crippen LogP contribution in [-0.4, -0.2) is 22.1 Å². The molecule has 4 nitrogen and oxygen atoms in total. The van der Waals surface area contributed by atoms with Crippen molar-refractivity contribution in [2.45, 2.75) is 11.6 Å². The maximum absolute atomic E-state index is 12.0. The normalized spacial score (nSPS) is 10.1. The summed E-state index contributed by atoms with van der Waals surface area (Å²) in [6, 6.07) is 9.14. The summed E-state index contributed by atoms with van der Waals surface area (Å²) in [6.45, 7) is 0.419. The Labute approximate surface area is 110 Å². The summed E-state index contributed by atoms with van der Waals surface area (Å²) in [5.41, 5.74) is 1.43. The first-order valence-electron chi connectivity index (χ1n) is 5.48. The van der Waals surface area contributed by atoms with E-state index in [2.05, 4.69) is 15.3 Å². The van der Waals surface area contributed by atoms with E-state index in [9.17, 15) is 4.79 Å². The van der Waals surface area contributed by atoms with Gasteiger partial charge in [0.05, 0.1) is 17.8 Å². The average Bonchev–Trinajstić information content (AvgIpc) is 2.45. The van der Waals surface area contributed by atoms with Gasteiger partial charge in [-0.3, -0.25) is 9.78 Å². The van der Waals surface area contributed by atoms with Crippen molar-refractivity contribution in [1.29, 1.82) is 0 Å². The van der Waals surface area contributed by atoms with Gasteiger partial charge in [-0.25, -0.2) is 4.98 Å². The number of nitrogens with zero attached hydrogens (tertiary/aromatic N) is 2. The molecule has 0 aliphatic carbocycles. The van der Waals surface area contributed by atoms with Crippen LogP contribution in [0.4, 0.5) is 0 Å². The van der Waals surface area contributed by atoms with E-state index in [1.807, 2.05) is 24.5 Å². The van der Waals surface area contributed by atoms with Crippen LogP contribution in [0, 0.1) is 0 Å². The molecule has 5 heteroatoms. The monoisotopic (exact) mass is 259 g/mol. The number of nitrogens with one attached hydrogen (secondary N) is 1. The van der Waals surface area contributed by atoms with E-state index in [1.54, 1.807) is 24.5 Å². The Hall–Kier alpha value is -1.88. The highest BCUT2D eigenvalue weighted by Crippen LogP contribution is 2.16. The van der Waals surface area contributed by atoms with E-state index >= 15 is 0 Å². The molecule has 2 aromatic heterocycles. The quantitative estimate of drug-likeness (QED) is 0.855. The van der Waals surface area contributed by atoms with Crippen LogP contribution in [0.5, 0.6) is 0 Å². The zero-order valence-corrected chi connectivity index (χ0v) is 10.8. The molecule has 0 fully saturated rings. The molecule has 0 atom stereocenters. The molecule has 0 aliphatic rings. The molecule has 2 aromatic rings. The molecule has 1 N–H and O–H groups in total. The van der Waals surface area contributed by atoms with Crippen LogP contribution in [0.2, 0.25) is 0 Å². The van der Waals surface area contributed by atoms with Crippen LogP contribution >= 0.6 is 11.8 Å². The Morgan fingerprint density at radius 1 is 1.22 bits per heavy atom. The smallest absolute Gasteiger partial charge is 0.254 e. The minimum Gasteiger partial charge on any atom is -0.346 e. The number of amides is 1. The molecule has 2 rings (SSSR count). The third-order valence-electron chi connectivity index (χ3n) is 2.37. The van der Waals surface area contributed by atoms with Crippen LogP contribution in [0.15, 0.2) is 47.8 Å². The molecule has 0 radical (unpaired) electrons. The van der Waals surface area contributed by atoms with Crippen molar-refractivity contribution in [2.24, 2.45) is 0 Å². The molecule has 0 saturated carbocycles. The lowest BCUT2D eigenvalue weighted by molar-refractivity contribution is 0.0947. The van der Waals surface area contributed by atoms with Crippen molar-refractivity contribution in [1.82, 2.24) is 15.3 Å². The Morgan fingerprint density at radius 2 is 2.06 bits per heavy atom. The highest BCUT2D eigenvalue weighted by atomic mass is 32.2. The van der Waals surface area contributed by atoms with Gasteiger partial charge in [-0.2, -0.15) is 0 Å². The molecular weight excluding hydrogens is 246 g/mol. The van der Waals surface area contributed by atoms with Crippen molar-refractivity contribution in [3.05, 3.63) is 54.0 Å². The average molecular weight is 259 g/mol. The second kappa shape index (κ2) is 6.16. The standard InChI is InChI=1S/C13H13N3OS/c1-18-13-11(6-4-8-15-13)12(17)16-9-10-5-2-3-7-14-10/h2-8H,9H2,1H3,(H,16,17). The van der Waals surface area contributed by atoms with Gasteiger partial charge in [-0.1, -0.05) is 6.07 Å². The first kappa shape index (κ1) is 12.6. The van der Waals surface area contributed by atoms with E-state index in [1.165, 1.54) is 11.8 Å². The zero-order chi connectivity index (χ0) is 12.8. The molecule has 0 saturated heterocycles. The first-order valence-corrected chi connectivity index (χ1v) is 6.71. The van der Waals surface area contributed by atoms with Crippen molar-refractivity contribution < 1.29 is 4.79 Å². The summed E-state index contributed by atoms with van der Waals surface area (Å²) in [5, 5.41) is 3.57. The third-order valence-corrected chi connectivity index (χ3v) is 3.08. The predicted molar refractivity (Wildman–Crippen MR) is 71.4 cm³/mol. The lowest BCUT2D eigenvalue weighted by atomic mass is 10.2. The fraction of sp³-hybridized carbons (Fsp3) is 0.154. The van der Waals surface area contributed by atoms with Crippen molar-refractivity contribution >= 4 is 17.7 Å². The molecule has 2 heterocycles. The van der Waals surface area contributed by atoms with E-state index in [0.29, 0.717) is 12.1 Å². The number of hydrogen-bond acceptors (Lipinski definition) is 4. The number of aromatic nitrogens is 2. The van der Waals surface area contributed by atoms with Gasteiger partial charge in [-0.05, 0) is 30.5 Å². The molecule has 0 spiro atoms. The van der Waals surface area contributed by atoms with Gasteiger partial charge in [0.1, 0.15) is 5.03 Å². The Balaban J connectivity index is 2.04. The SMILES string of the molecule is CSc1ncccc1C(=O)NCc1ccccn1. The van der Waals surface area contributed by atoms with Gasteiger partial charge in [0.25, 0.3) is 5.91 Å². The summed E-state index contributed by atoms with van der Waals surface area (Å²) in [6.07, 6.45) is 5.29. The Kier molecular flexibility index (Phi) is 4.30. The van der Waals surface area contributed by atoms with Crippen LogP contribution in [0.1, 0.15) is 16.1 Å². The first-order chi connectivity index (χ1) is 8.81. The molecular formula is C13H13N3OS. The van der Waals surface area contributed by atoms with Crippen LogP contribution < -0.4 is 5.32 Å². The Morgan fingerprint density at radius 3 is 2.78 bits per heavy atom. The Bertz CT molecular complexity index is 531. The number of pyridine rings is 2. The van der Waals surface area contributed by atoms with Gasteiger partial charge < -0.3 is 5.32 Å². The molecule has 92 valence electrons. The number of carbonyl (C=O) groups excluding carboxylic acids is 1. The minimum absolute atomic E-state index is 0.127. The number of thioether (sulfide) groups is 1. The topological polar surface area (TPSA) is 54.9 Å². The maximum Gasteiger partial charge on any atom is 0.254 e. The van der Waals surface area contributed by atoms with Crippen LogP contribution in [0.25, 0.3) is 0 Å². The summed E-state index contributed by atoms with van der Waals surface area (Å²) in [7, 11) is 0. The van der Waals surface area contributed by atoms with E-state index in [-0.39, 0.29) is 5.91 Å². The largest absolute Gasteiger partial charge is 0.346 e. The van der Waals surface area contributed by atoms with Gasteiger partial charge in [0.2, 0.25) is 0 Å². The van der Waals surface area contributed by atoms with Gasteiger partial charge in [0.15, 0.2) is 0 Å². The minimum atomic E-state index is -0.127. The van der Waals surface area contributed by atoms with Gasteiger partial charge >= 0.3 is 0 Å². The molecule has 0 bridgehead atoms. The predicted octanol–water partition coefficient (Wildman–Crippen LogP) is 2.13. The second-order valence-corrected chi connectivity index (χ2v) is 4.36. The third kappa shape index (κ3) is 3.07. The zero-order valence-electron chi connectivity index (χ0n) is 9.96. The lowest BCUT2D eigenvalue weighted by Gasteiger charge is -2.07. The molecule has 0 unspecified atom stereocenters. The van der Waals surface area contributed by atoms with Crippen molar-refractivity contribution in [2.75, 3.05) is 6.26 Å². The number of carbonyl (C=O) groups is 1. The van der Waals surface area contributed by atoms with Gasteiger partial charge in [0, 0.05) is 12.4 Å². The molecule has 1 amide bonds. The second-order valence-electron chi connectivity index (χ2n) is 3.56. The number of hydrogen-bond donors (Lipinski definition) is 1. The highest BCUT2D eigenvalue weighted by Gasteiger charge is 2.10. The summed E-state index contributed by atoms with van der Waals surface area (Å²) in [5.74, 6) is -0.127. The van der Waals surface area contributed by atoms with Crippen molar-refractivity contribution in [3.63, 3.8) is 0 Å². The molecule has 0 aromatic carbocycles. The van der Waals surface area contributed by atoms with E-state index < -0.39 is 0 Å². The lowest BCUT2D eigenvalue weighted by Crippen LogP contribution is -2.24. The van der Waals surface area contributed by atoms with Crippen LogP contribution in [-0.2, 0) is 6.54 Å². The summed E-state index contributed by atoms with van der Waals surface area (Å²) in [4.78, 5) is 20.3. The molecule has 18 heavy (non-hydrogen) atoms. The fourth-order valence-corrected chi connectivity index (χ4v) is 2.04. The summed E-state index contributed by atoms with van der Waals surface area (Å²) >= 11 is 1.46.